The minimum Gasteiger partial charge on any atom is -0.497 e. The third-order valence-corrected chi connectivity index (χ3v) is 7.37. The molecule has 1 aromatic heterocycles. The number of allylic oxidation sites excluding steroid dienone is 4. The molecule has 0 fully saturated rings. The molecule has 5 nitrogen and oxygen atoms in total. The predicted octanol–water partition coefficient (Wildman–Crippen LogP) is 7.96. The summed E-state index contributed by atoms with van der Waals surface area (Å²) >= 11 is 0. The van der Waals surface area contributed by atoms with Crippen LogP contribution in [0.2, 0.25) is 0 Å². The molecule has 6 aromatic rings. The molecule has 0 unspecified atom stereocenters. The van der Waals surface area contributed by atoms with E-state index >= 15 is 0 Å². The molecule has 0 radical (unpaired) electrons. The molecule has 7 rings (SSSR count). The van der Waals surface area contributed by atoms with Crippen molar-refractivity contribution in [1.29, 1.82) is 5.41 Å². The summed E-state index contributed by atoms with van der Waals surface area (Å²) in [5, 5.41) is 21.4. The molecule has 0 amide bonds. The van der Waals surface area contributed by atoms with E-state index < -0.39 is 0 Å². The molecule has 0 atom stereocenters. The second-order valence-electron chi connectivity index (χ2n) is 9.54. The van der Waals surface area contributed by atoms with Crippen molar-refractivity contribution in [3.05, 3.63) is 127 Å². The number of hydrogen-bond donors (Lipinski definition) is 2. The lowest BCUT2D eigenvalue weighted by atomic mass is 9.83. The minimum atomic E-state index is 0.352. The quantitative estimate of drug-likeness (QED) is 0.142. The van der Waals surface area contributed by atoms with Gasteiger partial charge in [-0.3, -0.25) is 15.8 Å². The van der Waals surface area contributed by atoms with E-state index in [0.29, 0.717) is 11.4 Å². The highest BCUT2D eigenvalue weighted by Gasteiger charge is 2.25. The van der Waals surface area contributed by atoms with Crippen molar-refractivity contribution in [3.63, 3.8) is 0 Å². The average molecular weight is 505 g/mol. The fraction of sp³-hybridized carbons (Fsp3) is 0.0294. The third kappa shape index (κ3) is 3.83. The first-order valence-corrected chi connectivity index (χ1v) is 12.8. The Morgan fingerprint density at radius 3 is 2.13 bits per heavy atom. The molecule has 0 spiro atoms. The topological polar surface area (TPSA) is 70.4 Å². The van der Waals surface area contributed by atoms with Gasteiger partial charge >= 0.3 is 0 Å². The second kappa shape index (κ2) is 9.23. The number of rotatable bonds is 5. The van der Waals surface area contributed by atoms with Gasteiger partial charge in [0, 0.05) is 23.5 Å². The van der Waals surface area contributed by atoms with Crippen LogP contribution in [0.3, 0.4) is 0 Å². The van der Waals surface area contributed by atoms with Gasteiger partial charge in [0.1, 0.15) is 11.5 Å². The summed E-state index contributed by atoms with van der Waals surface area (Å²) < 4.78 is 5.33. The van der Waals surface area contributed by atoms with Crippen LogP contribution in [0, 0.1) is 5.41 Å². The Bertz CT molecular complexity index is 1950. The molecule has 1 heterocycles. The molecule has 0 bridgehead atoms. The van der Waals surface area contributed by atoms with Crippen molar-refractivity contribution < 1.29 is 4.74 Å². The van der Waals surface area contributed by atoms with Gasteiger partial charge in [-0.25, -0.2) is 0 Å². The van der Waals surface area contributed by atoms with Crippen molar-refractivity contribution in [2.45, 2.75) is 0 Å². The van der Waals surface area contributed by atoms with Crippen LogP contribution in [0.1, 0.15) is 11.1 Å². The molecule has 0 saturated heterocycles. The molecule has 39 heavy (non-hydrogen) atoms. The van der Waals surface area contributed by atoms with Gasteiger partial charge in [0.2, 0.25) is 0 Å². The molecule has 5 heteroatoms. The fourth-order valence-electron chi connectivity index (χ4n) is 5.45. The van der Waals surface area contributed by atoms with Crippen molar-refractivity contribution >= 4 is 60.6 Å². The Hall–Kier alpha value is -5.29. The summed E-state index contributed by atoms with van der Waals surface area (Å²) in [6, 6.07) is 31.0. The Morgan fingerprint density at radius 1 is 0.718 bits per heavy atom. The number of methoxy groups -OCH3 is 1. The normalized spacial score (nSPS) is 14.7. The molecular formula is C34H24N4O. The van der Waals surface area contributed by atoms with Gasteiger partial charge in [-0.05, 0) is 67.7 Å². The van der Waals surface area contributed by atoms with Crippen LogP contribution in [-0.2, 0) is 0 Å². The fourth-order valence-corrected chi connectivity index (χ4v) is 5.45. The van der Waals surface area contributed by atoms with Gasteiger partial charge in [0.25, 0.3) is 0 Å². The maximum atomic E-state index is 9.28. The van der Waals surface area contributed by atoms with E-state index in [1.165, 1.54) is 26.9 Å². The lowest BCUT2D eigenvalue weighted by molar-refractivity contribution is 0.415. The Balaban J connectivity index is 1.43. The zero-order chi connectivity index (χ0) is 26.3. The summed E-state index contributed by atoms with van der Waals surface area (Å²) in [7, 11) is 1.65. The highest BCUT2D eigenvalue weighted by Crippen LogP contribution is 2.39. The van der Waals surface area contributed by atoms with E-state index in [2.05, 4.69) is 71.1 Å². The van der Waals surface area contributed by atoms with E-state index in [9.17, 15) is 5.41 Å². The number of pyridine rings is 1. The van der Waals surface area contributed by atoms with E-state index in [4.69, 9.17) is 9.84 Å². The molecule has 1 aliphatic rings. The summed E-state index contributed by atoms with van der Waals surface area (Å²) in [5.41, 5.74) is 8.57. The van der Waals surface area contributed by atoms with Crippen LogP contribution in [0.5, 0.6) is 5.75 Å². The van der Waals surface area contributed by atoms with Crippen molar-refractivity contribution in [2.75, 3.05) is 12.5 Å². The number of hydrazone groups is 1. The minimum absolute atomic E-state index is 0.352. The number of nitrogens with zero attached hydrogens (tertiary/aromatic N) is 2. The van der Waals surface area contributed by atoms with Crippen LogP contribution in [0.4, 0.5) is 5.69 Å². The Labute approximate surface area is 225 Å². The van der Waals surface area contributed by atoms with Crippen LogP contribution >= 0.6 is 0 Å². The van der Waals surface area contributed by atoms with Crippen LogP contribution < -0.4 is 10.2 Å². The number of aromatic nitrogens is 1. The molecule has 186 valence electrons. The van der Waals surface area contributed by atoms with Crippen molar-refractivity contribution in [1.82, 2.24) is 4.98 Å². The van der Waals surface area contributed by atoms with Crippen molar-refractivity contribution in [2.24, 2.45) is 5.10 Å². The molecular weight excluding hydrogens is 480 g/mol. The zero-order valence-corrected chi connectivity index (χ0v) is 21.3. The number of nitrogens with one attached hydrogen (secondary N) is 2. The highest BCUT2D eigenvalue weighted by molar-refractivity contribution is 6.69. The first-order valence-electron chi connectivity index (χ1n) is 12.8. The number of ether oxygens (including phenoxy) is 1. The molecule has 5 aromatic carbocycles. The summed E-state index contributed by atoms with van der Waals surface area (Å²) in [6.45, 7) is 0. The monoisotopic (exact) mass is 504 g/mol. The van der Waals surface area contributed by atoms with E-state index in [-0.39, 0.29) is 0 Å². The first kappa shape index (κ1) is 22.9. The molecule has 0 aliphatic heterocycles. The predicted molar refractivity (Wildman–Crippen MR) is 162 cm³/mol. The van der Waals surface area contributed by atoms with Gasteiger partial charge < -0.3 is 4.74 Å². The van der Waals surface area contributed by atoms with Gasteiger partial charge in [-0.1, -0.05) is 78.9 Å². The molecule has 2 N–H and O–H groups in total. The maximum absolute atomic E-state index is 9.28. The van der Waals surface area contributed by atoms with Crippen LogP contribution in [0.25, 0.3) is 43.5 Å². The Morgan fingerprint density at radius 2 is 1.38 bits per heavy atom. The van der Waals surface area contributed by atoms with E-state index in [1.807, 2.05) is 42.5 Å². The third-order valence-electron chi connectivity index (χ3n) is 7.37. The standard InChI is InChI=1S/C34H24N4O/c1-39-26-11-7-21(8-12-26)27-15-16-30(34(33(27)35)38-37-25-17-19-36-20-18-25)28-13-9-24-6-5-22-3-2-4-23-10-14-29(28)32(24)31(22)23/h2-20,35H,1H3,(H,36,37). The highest BCUT2D eigenvalue weighted by atomic mass is 16.5. The van der Waals surface area contributed by atoms with Gasteiger partial charge in [-0.2, -0.15) is 5.10 Å². The summed E-state index contributed by atoms with van der Waals surface area (Å²) in [4.78, 5) is 4.10. The van der Waals surface area contributed by atoms with Crippen LogP contribution in [0.15, 0.2) is 121 Å². The van der Waals surface area contributed by atoms with E-state index in [0.717, 1.165) is 39.1 Å². The largest absolute Gasteiger partial charge is 0.497 e. The second-order valence-corrected chi connectivity index (χ2v) is 9.54. The van der Waals surface area contributed by atoms with Crippen LogP contribution in [-0.4, -0.2) is 23.5 Å². The van der Waals surface area contributed by atoms with Gasteiger partial charge in [0.05, 0.1) is 18.5 Å². The van der Waals surface area contributed by atoms with Crippen molar-refractivity contribution in [3.8, 4) is 5.75 Å². The van der Waals surface area contributed by atoms with Gasteiger partial charge in [-0.15, -0.1) is 0 Å². The van der Waals surface area contributed by atoms with E-state index in [1.54, 1.807) is 19.5 Å². The average Bonchev–Trinajstić information content (AvgIpc) is 3.00. The number of hydrogen-bond acceptors (Lipinski definition) is 5. The first-order chi connectivity index (χ1) is 19.2. The SMILES string of the molecule is COc1ccc(C2=CC=C(c3ccc4ccc5cccc6ccc3c4c56)C(=NNc3ccncc3)C2=N)cc1. The molecule has 1 aliphatic carbocycles. The smallest absolute Gasteiger partial charge is 0.118 e. The Kier molecular flexibility index (Phi) is 5.41. The van der Waals surface area contributed by atoms with Gasteiger partial charge in [0.15, 0.2) is 0 Å². The lowest BCUT2D eigenvalue weighted by Gasteiger charge is -2.21. The number of anilines is 1. The lowest BCUT2D eigenvalue weighted by Crippen LogP contribution is -2.21. The zero-order valence-electron chi connectivity index (χ0n) is 21.3. The molecule has 0 saturated carbocycles. The maximum Gasteiger partial charge on any atom is 0.118 e. The number of benzene rings is 5. The summed E-state index contributed by atoms with van der Waals surface area (Å²) in [6.07, 6.45) is 7.53. The summed E-state index contributed by atoms with van der Waals surface area (Å²) in [5.74, 6) is 0.778.